The van der Waals surface area contributed by atoms with Gasteiger partial charge in [-0.25, -0.2) is 9.78 Å². The lowest BCUT2D eigenvalue weighted by atomic mass is 10.0. The van der Waals surface area contributed by atoms with Crippen molar-refractivity contribution in [2.75, 3.05) is 18.0 Å². The molecule has 1 atom stereocenters. The largest absolute Gasteiger partial charge is 0.478 e. The molecule has 1 aliphatic rings. The molecule has 2 rings (SSSR count). The predicted octanol–water partition coefficient (Wildman–Crippen LogP) is 2.41. The molecule has 0 aliphatic carbocycles. The average molecular weight is 234 g/mol. The van der Waals surface area contributed by atoms with E-state index in [9.17, 15) is 4.79 Å². The summed E-state index contributed by atoms with van der Waals surface area (Å²) in [6.07, 6.45) is 5.21. The second-order valence-electron chi connectivity index (χ2n) is 4.57. The fourth-order valence-electron chi connectivity index (χ4n) is 2.48. The molecule has 0 spiro atoms. The minimum Gasteiger partial charge on any atom is -0.478 e. The van der Waals surface area contributed by atoms with Crippen molar-refractivity contribution in [1.82, 2.24) is 4.98 Å². The Balaban J connectivity index is 2.16. The minimum absolute atomic E-state index is 0.310. The van der Waals surface area contributed by atoms with Gasteiger partial charge in [0, 0.05) is 19.3 Å². The first-order valence-corrected chi connectivity index (χ1v) is 6.15. The topological polar surface area (TPSA) is 53.4 Å². The Hall–Kier alpha value is -1.58. The molecule has 92 valence electrons. The number of aromatic carboxylic acids is 1. The highest BCUT2D eigenvalue weighted by Crippen LogP contribution is 2.27. The number of carbonyl (C=O) groups is 1. The Morgan fingerprint density at radius 3 is 3.18 bits per heavy atom. The van der Waals surface area contributed by atoms with Gasteiger partial charge in [-0.15, -0.1) is 0 Å². The molecule has 2 heterocycles. The van der Waals surface area contributed by atoms with Crippen LogP contribution in [0.2, 0.25) is 0 Å². The zero-order valence-corrected chi connectivity index (χ0v) is 10.1. The highest BCUT2D eigenvalue weighted by molar-refractivity contribution is 5.93. The molecule has 4 nitrogen and oxygen atoms in total. The molecule has 4 heteroatoms. The molecule has 1 aromatic rings. The third-order valence-electron chi connectivity index (χ3n) is 3.30. The third-order valence-corrected chi connectivity index (χ3v) is 3.30. The Morgan fingerprint density at radius 1 is 1.65 bits per heavy atom. The van der Waals surface area contributed by atoms with Gasteiger partial charge in [0.05, 0.1) is 0 Å². The zero-order chi connectivity index (χ0) is 12.3. The number of anilines is 1. The number of carboxylic acid groups (broad SMARTS) is 1. The fourth-order valence-corrected chi connectivity index (χ4v) is 2.48. The normalized spacial score (nSPS) is 19.6. The lowest BCUT2D eigenvalue weighted by Crippen LogP contribution is -2.23. The Bertz CT molecular complexity index is 406. The number of rotatable bonds is 4. The van der Waals surface area contributed by atoms with E-state index in [2.05, 4.69) is 16.8 Å². The molecule has 0 bridgehead atoms. The van der Waals surface area contributed by atoms with Crippen LogP contribution >= 0.6 is 0 Å². The molecule has 1 fully saturated rings. The molecule has 1 aromatic heterocycles. The quantitative estimate of drug-likeness (QED) is 0.869. The van der Waals surface area contributed by atoms with E-state index in [1.54, 1.807) is 18.3 Å². The van der Waals surface area contributed by atoms with Crippen LogP contribution < -0.4 is 4.90 Å². The maximum absolute atomic E-state index is 11.1. The first-order valence-electron chi connectivity index (χ1n) is 6.15. The number of pyridine rings is 1. The van der Waals surface area contributed by atoms with E-state index in [0.717, 1.165) is 19.5 Å². The standard InChI is InChI=1S/C13H18N2O2/c1-2-4-10-6-8-15(9-10)12-11(13(16)17)5-3-7-14-12/h3,5,7,10H,2,4,6,8-9H2,1H3,(H,16,17). The first-order chi connectivity index (χ1) is 8.22. The molecule has 17 heavy (non-hydrogen) atoms. The summed E-state index contributed by atoms with van der Waals surface area (Å²) in [5, 5.41) is 9.13. The number of hydrogen-bond donors (Lipinski definition) is 1. The zero-order valence-electron chi connectivity index (χ0n) is 10.1. The van der Waals surface area contributed by atoms with Crippen molar-refractivity contribution in [2.45, 2.75) is 26.2 Å². The number of hydrogen-bond acceptors (Lipinski definition) is 3. The molecule has 0 aromatic carbocycles. The van der Waals surface area contributed by atoms with Crippen LogP contribution in [0.25, 0.3) is 0 Å². The summed E-state index contributed by atoms with van der Waals surface area (Å²) in [4.78, 5) is 17.4. The van der Waals surface area contributed by atoms with Crippen molar-refractivity contribution >= 4 is 11.8 Å². The average Bonchev–Trinajstić information content (AvgIpc) is 2.78. The van der Waals surface area contributed by atoms with E-state index < -0.39 is 5.97 Å². The van der Waals surface area contributed by atoms with Gasteiger partial charge in [0.25, 0.3) is 0 Å². The molecule has 0 radical (unpaired) electrons. The van der Waals surface area contributed by atoms with Crippen molar-refractivity contribution in [3.8, 4) is 0 Å². The highest BCUT2D eigenvalue weighted by Gasteiger charge is 2.25. The summed E-state index contributed by atoms with van der Waals surface area (Å²) in [6, 6.07) is 3.30. The summed E-state index contributed by atoms with van der Waals surface area (Å²) in [7, 11) is 0. The molecular weight excluding hydrogens is 216 g/mol. The van der Waals surface area contributed by atoms with Crippen LogP contribution in [0.1, 0.15) is 36.5 Å². The van der Waals surface area contributed by atoms with E-state index in [0.29, 0.717) is 17.3 Å². The van der Waals surface area contributed by atoms with Crippen LogP contribution in [0, 0.1) is 5.92 Å². The predicted molar refractivity (Wildman–Crippen MR) is 66.4 cm³/mol. The van der Waals surface area contributed by atoms with Crippen molar-refractivity contribution in [3.05, 3.63) is 23.9 Å². The number of carboxylic acids is 1. The van der Waals surface area contributed by atoms with E-state index in [-0.39, 0.29) is 0 Å². The maximum Gasteiger partial charge on any atom is 0.339 e. The van der Waals surface area contributed by atoms with Crippen LogP contribution in [-0.2, 0) is 0 Å². The highest BCUT2D eigenvalue weighted by atomic mass is 16.4. The number of aromatic nitrogens is 1. The van der Waals surface area contributed by atoms with Crippen LogP contribution in [0.5, 0.6) is 0 Å². The second-order valence-corrected chi connectivity index (χ2v) is 4.57. The minimum atomic E-state index is -0.896. The monoisotopic (exact) mass is 234 g/mol. The molecule has 0 amide bonds. The van der Waals surface area contributed by atoms with Gasteiger partial charge >= 0.3 is 5.97 Å². The van der Waals surface area contributed by atoms with E-state index in [1.165, 1.54) is 12.8 Å². The van der Waals surface area contributed by atoms with Gasteiger partial charge in [0.15, 0.2) is 0 Å². The lowest BCUT2D eigenvalue weighted by Gasteiger charge is -2.19. The summed E-state index contributed by atoms with van der Waals surface area (Å²) >= 11 is 0. The van der Waals surface area contributed by atoms with Crippen molar-refractivity contribution in [1.29, 1.82) is 0 Å². The van der Waals surface area contributed by atoms with E-state index in [1.807, 2.05) is 0 Å². The van der Waals surface area contributed by atoms with Crippen LogP contribution in [0.4, 0.5) is 5.82 Å². The van der Waals surface area contributed by atoms with Crippen LogP contribution in [0.15, 0.2) is 18.3 Å². The van der Waals surface area contributed by atoms with E-state index >= 15 is 0 Å². The van der Waals surface area contributed by atoms with Gasteiger partial charge in [0.1, 0.15) is 11.4 Å². The molecule has 1 N–H and O–H groups in total. The van der Waals surface area contributed by atoms with Gasteiger partial charge in [-0.1, -0.05) is 13.3 Å². The van der Waals surface area contributed by atoms with E-state index in [4.69, 9.17) is 5.11 Å². The molecular formula is C13H18N2O2. The smallest absolute Gasteiger partial charge is 0.339 e. The van der Waals surface area contributed by atoms with Gasteiger partial charge in [-0.3, -0.25) is 0 Å². The second kappa shape index (κ2) is 5.17. The molecule has 0 saturated carbocycles. The Labute approximate surface area is 101 Å². The Morgan fingerprint density at radius 2 is 2.47 bits per heavy atom. The summed E-state index contributed by atoms with van der Waals surface area (Å²) in [5.41, 5.74) is 0.310. The first kappa shape index (κ1) is 11.9. The summed E-state index contributed by atoms with van der Waals surface area (Å²) < 4.78 is 0. The van der Waals surface area contributed by atoms with Gasteiger partial charge in [0.2, 0.25) is 0 Å². The fraction of sp³-hybridized carbons (Fsp3) is 0.538. The number of nitrogens with zero attached hydrogens (tertiary/aromatic N) is 2. The third kappa shape index (κ3) is 2.57. The van der Waals surface area contributed by atoms with Gasteiger partial charge in [-0.05, 0) is 30.9 Å². The Kier molecular flexibility index (Phi) is 3.61. The summed E-state index contributed by atoms with van der Waals surface area (Å²) in [5.74, 6) is 0.411. The SMILES string of the molecule is CCCC1CCN(c2ncccc2C(=O)O)C1. The van der Waals surface area contributed by atoms with Crippen molar-refractivity contribution in [3.63, 3.8) is 0 Å². The van der Waals surface area contributed by atoms with Gasteiger partial charge < -0.3 is 10.0 Å². The van der Waals surface area contributed by atoms with Crippen LogP contribution in [-0.4, -0.2) is 29.1 Å². The molecule has 1 aliphatic heterocycles. The lowest BCUT2D eigenvalue weighted by molar-refractivity contribution is 0.0697. The molecule has 1 saturated heterocycles. The van der Waals surface area contributed by atoms with Crippen molar-refractivity contribution in [2.24, 2.45) is 5.92 Å². The molecule has 1 unspecified atom stereocenters. The van der Waals surface area contributed by atoms with Crippen molar-refractivity contribution < 1.29 is 9.90 Å². The maximum atomic E-state index is 11.1. The van der Waals surface area contributed by atoms with Gasteiger partial charge in [-0.2, -0.15) is 0 Å². The summed E-state index contributed by atoms with van der Waals surface area (Å²) in [6.45, 7) is 4.04. The van der Waals surface area contributed by atoms with Crippen LogP contribution in [0.3, 0.4) is 0 Å².